The number of halogens is 4. The Hall–Kier alpha value is -3.24. The molecule has 1 aliphatic carbocycles. The molecule has 0 aliphatic heterocycles. The molecule has 3 aromatic carbocycles. The standard InChI is InChI=1S/C31H30Cl2F2N2O4S/c1-21(36-29-20-25(34)16-17-31(29,35)42(39,40)26-14-12-24(33)13-15-26)27-6-3-4-7-28(27)41-19-5-18-37(2)30(38)22-8-10-23(32)11-9-22/h3-4,6-17,20-21,29,36H,5,18-19H2,1-2H3. The monoisotopic (exact) mass is 634 g/mol. The van der Waals surface area contributed by atoms with Gasteiger partial charge in [-0.2, -0.15) is 0 Å². The number of hydrogen-bond acceptors (Lipinski definition) is 5. The number of benzene rings is 3. The van der Waals surface area contributed by atoms with Crippen LogP contribution in [0.5, 0.6) is 5.75 Å². The summed E-state index contributed by atoms with van der Waals surface area (Å²) in [5, 5.41) is 0.814. The molecule has 3 unspecified atom stereocenters. The van der Waals surface area contributed by atoms with E-state index in [9.17, 15) is 17.6 Å². The fraction of sp³-hybridized carbons (Fsp3) is 0.258. The highest BCUT2D eigenvalue weighted by molar-refractivity contribution is 7.93. The molecule has 42 heavy (non-hydrogen) atoms. The molecule has 1 amide bonds. The van der Waals surface area contributed by atoms with E-state index in [-0.39, 0.29) is 17.4 Å². The topological polar surface area (TPSA) is 75.7 Å². The lowest BCUT2D eigenvalue weighted by Gasteiger charge is -2.34. The highest BCUT2D eigenvalue weighted by Crippen LogP contribution is 2.38. The number of alkyl halides is 1. The van der Waals surface area contributed by atoms with Gasteiger partial charge < -0.3 is 9.64 Å². The molecule has 3 aromatic rings. The molecule has 222 valence electrons. The second-order valence-electron chi connectivity index (χ2n) is 9.88. The van der Waals surface area contributed by atoms with Gasteiger partial charge in [-0.05, 0) is 86.2 Å². The number of nitrogens with zero attached hydrogens (tertiary/aromatic N) is 1. The summed E-state index contributed by atoms with van der Waals surface area (Å²) in [4.78, 5) is 13.9. The SMILES string of the molecule is CC(NC1C=C(F)C=CC1(F)S(=O)(=O)c1ccc(Cl)cc1)c1ccccc1OCCCN(C)C(=O)c1ccc(Cl)cc1. The van der Waals surface area contributed by atoms with Crippen LogP contribution in [0, 0.1) is 0 Å². The van der Waals surface area contributed by atoms with Gasteiger partial charge in [0.1, 0.15) is 11.6 Å². The van der Waals surface area contributed by atoms with E-state index in [2.05, 4.69) is 5.32 Å². The number of para-hydroxylation sites is 1. The molecule has 0 saturated carbocycles. The molecule has 0 heterocycles. The maximum absolute atomic E-state index is 16.4. The number of ether oxygens (including phenoxy) is 1. The fourth-order valence-electron chi connectivity index (χ4n) is 4.57. The zero-order chi connectivity index (χ0) is 30.5. The van der Waals surface area contributed by atoms with E-state index < -0.39 is 32.7 Å². The van der Waals surface area contributed by atoms with Crippen LogP contribution in [0.4, 0.5) is 8.78 Å². The smallest absolute Gasteiger partial charge is 0.253 e. The van der Waals surface area contributed by atoms with Gasteiger partial charge in [0, 0.05) is 40.8 Å². The van der Waals surface area contributed by atoms with Gasteiger partial charge >= 0.3 is 0 Å². The minimum atomic E-state index is -4.60. The number of rotatable bonds is 11. The van der Waals surface area contributed by atoms with Gasteiger partial charge in [-0.15, -0.1) is 0 Å². The van der Waals surface area contributed by atoms with Crippen LogP contribution >= 0.6 is 23.2 Å². The molecule has 11 heteroatoms. The van der Waals surface area contributed by atoms with Crippen LogP contribution in [0.1, 0.15) is 35.3 Å². The Morgan fingerprint density at radius 1 is 1.05 bits per heavy atom. The lowest BCUT2D eigenvalue weighted by Crippen LogP contribution is -2.52. The molecule has 0 fully saturated rings. The van der Waals surface area contributed by atoms with Gasteiger partial charge in [0.2, 0.25) is 9.84 Å². The summed E-state index contributed by atoms with van der Waals surface area (Å²) < 4.78 is 63.5. The van der Waals surface area contributed by atoms with Crippen molar-refractivity contribution in [2.24, 2.45) is 0 Å². The van der Waals surface area contributed by atoms with Crippen molar-refractivity contribution in [3.8, 4) is 5.75 Å². The minimum absolute atomic E-state index is 0.144. The minimum Gasteiger partial charge on any atom is -0.493 e. The molecule has 0 aromatic heterocycles. The first-order valence-electron chi connectivity index (χ1n) is 13.2. The molecular weight excluding hydrogens is 605 g/mol. The largest absolute Gasteiger partial charge is 0.493 e. The number of hydrogen-bond donors (Lipinski definition) is 1. The average molecular weight is 636 g/mol. The van der Waals surface area contributed by atoms with Crippen LogP contribution in [-0.4, -0.2) is 50.5 Å². The summed E-state index contributed by atoms with van der Waals surface area (Å²) in [7, 11) is -2.90. The predicted molar refractivity (Wildman–Crippen MR) is 161 cm³/mol. The molecule has 0 saturated heterocycles. The summed E-state index contributed by atoms with van der Waals surface area (Å²) in [6, 6.07) is 16.6. The second kappa shape index (κ2) is 13.4. The normalized spacial score (nSPS) is 19.2. The third kappa shape index (κ3) is 7.03. The number of carbonyl (C=O) groups is 1. The van der Waals surface area contributed by atoms with E-state index >= 15 is 4.39 Å². The molecule has 3 atom stereocenters. The van der Waals surface area contributed by atoms with Crippen molar-refractivity contribution < 1.29 is 26.7 Å². The predicted octanol–water partition coefficient (Wildman–Crippen LogP) is 7.12. The third-order valence-corrected chi connectivity index (χ3v) is 9.51. The van der Waals surface area contributed by atoms with Crippen LogP contribution in [0.15, 0.2) is 102 Å². The first-order valence-corrected chi connectivity index (χ1v) is 15.4. The highest BCUT2D eigenvalue weighted by Gasteiger charge is 2.51. The molecule has 6 nitrogen and oxygen atoms in total. The van der Waals surface area contributed by atoms with Crippen molar-refractivity contribution in [2.45, 2.75) is 35.3 Å². The van der Waals surface area contributed by atoms with Crippen LogP contribution in [-0.2, 0) is 9.84 Å². The van der Waals surface area contributed by atoms with Gasteiger partial charge in [0.25, 0.3) is 10.9 Å². The quantitative estimate of drug-likeness (QED) is 0.227. The van der Waals surface area contributed by atoms with Crippen molar-refractivity contribution in [2.75, 3.05) is 20.2 Å². The highest BCUT2D eigenvalue weighted by atomic mass is 35.5. The molecular formula is C31H30Cl2F2N2O4S. The average Bonchev–Trinajstić information content (AvgIpc) is 2.97. The van der Waals surface area contributed by atoms with Crippen molar-refractivity contribution in [3.05, 3.63) is 118 Å². The molecule has 1 N–H and O–H groups in total. The van der Waals surface area contributed by atoms with Crippen molar-refractivity contribution in [3.63, 3.8) is 0 Å². The number of carbonyl (C=O) groups excluding carboxylic acids is 1. The van der Waals surface area contributed by atoms with Crippen LogP contribution < -0.4 is 10.1 Å². The van der Waals surface area contributed by atoms with E-state index in [1.54, 1.807) is 67.4 Å². The lowest BCUT2D eigenvalue weighted by atomic mass is 10.0. The van der Waals surface area contributed by atoms with Gasteiger partial charge in [-0.25, -0.2) is 17.2 Å². The van der Waals surface area contributed by atoms with E-state index in [4.69, 9.17) is 27.9 Å². The zero-order valence-electron chi connectivity index (χ0n) is 22.9. The van der Waals surface area contributed by atoms with E-state index in [1.165, 1.54) is 24.3 Å². The van der Waals surface area contributed by atoms with Crippen molar-refractivity contribution >= 4 is 38.9 Å². The Balaban J connectivity index is 1.43. The van der Waals surface area contributed by atoms with Gasteiger partial charge in [0.15, 0.2) is 0 Å². The number of sulfone groups is 1. The van der Waals surface area contributed by atoms with Crippen LogP contribution in [0.3, 0.4) is 0 Å². The summed E-state index contributed by atoms with van der Waals surface area (Å²) in [5.41, 5.74) is 1.15. The molecule has 1 aliphatic rings. The van der Waals surface area contributed by atoms with E-state index in [0.717, 1.165) is 18.2 Å². The summed E-state index contributed by atoms with van der Waals surface area (Å²) >= 11 is 11.8. The number of allylic oxidation sites excluding steroid dienone is 2. The summed E-state index contributed by atoms with van der Waals surface area (Å²) in [6.07, 6.45) is 2.98. The van der Waals surface area contributed by atoms with Crippen molar-refractivity contribution in [1.82, 2.24) is 10.2 Å². The first kappa shape index (κ1) is 31.7. The molecule has 0 spiro atoms. The van der Waals surface area contributed by atoms with Crippen molar-refractivity contribution in [1.29, 1.82) is 0 Å². The Bertz CT molecular complexity index is 1580. The molecule has 4 rings (SSSR count). The number of nitrogens with one attached hydrogen (secondary N) is 1. The maximum atomic E-state index is 16.4. The van der Waals surface area contributed by atoms with Crippen LogP contribution in [0.25, 0.3) is 0 Å². The van der Waals surface area contributed by atoms with Gasteiger partial charge in [-0.3, -0.25) is 10.1 Å². The van der Waals surface area contributed by atoms with Gasteiger partial charge in [-0.1, -0.05) is 41.4 Å². The summed E-state index contributed by atoms with van der Waals surface area (Å²) in [5.74, 6) is -0.416. The zero-order valence-corrected chi connectivity index (χ0v) is 25.3. The summed E-state index contributed by atoms with van der Waals surface area (Å²) in [6.45, 7) is 2.42. The van der Waals surface area contributed by atoms with Crippen LogP contribution in [0.2, 0.25) is 10.0 Å². The Kier molecular flexibility index (Phi) is 10.1. The van der Waals surface area contributed by atoms with E-state index in [0.29, 0.717) is 39.9 Å². The fourth-order valence-corrected chi connectivity index (χ4v) is 6.39. The Morgan fingerprint density at radius 2 is 1.67 bits per heavy atom. The molecule has 0 radical (unpaired) electrons. The Morgan fingerprint density at radius 3 is 2.33 bits per heavy atom. The third-order valence-electron chi connectivity index (χ3n) is 6.90. The second-order valence-corrected chi connectivity index (χ2v) is 12.9. The van der Waals surface area contributed by atoms with Gasteiger partial charge in [0.05, 0.1) is 17.5 Å². The maximum Gasteiger partial charge on any atom is 0.253 e. The Labute approximate surface area is 254 Å². The lowest BCUT2D eigenvalue weighted by molar-refractivity contribution is 0.0787. The van der Waals surface area contributed by atoms with E-state index in [1.807, 2.05) is 0 Å². The number of amides is 1. The first-order chi connectivity index (χ1) is 19.9. The molecule has 0 bridgehead atoms.